The molecule has 0 fully saturated rings. The van der Waals surface area contributed by atoms with E-state index >= 15 is 0 Å². The second-order valence-corrected chi connectivity index (χ2v) is 2.99. The molecule has 0 saturated heterocycles. The molecule has 0 amide bonds. The van der Waals surface area contributed by atoms with Gasteiger partial charge in [-0.1, -0.05) is 0 Å². The van der Waals surface area contributed by atoms with Gasteiger partial charge in [0, 0.05) is 17.7 Å². The van der Waals surface area contributed by atoms with E-state index in [0.29, 0.717) is 6.07 Å². The van der Waals surface area contributed by atoms with E-state index in [9.17, 15) is 13.2 Å². The van der Waals surface area contributed by atoms with Gasteiger partial charge in [-0.3, -0.25) is 0 Å². The first-order chi connectivity index (χ1) is 6.49. The van der Waals surface area contributed by atoms with Crippen LogP contribution in [0.25, 0.3) is 0 Å². The molecule has 0 bridgehead atoms. The number of nitrogen functional groups attached to an aromatic ring is 1. The lowest BCUT2D eigenvalue weighted by molar-refractivity contribution is 0.471. The third-order valence-corrected chi connectivity index (χ3v) is 2.11. The minimum absolute atomic E-state index is 0.176. The topological polar surface area (TPSA) is 38.0 Å². The van der Waals surface area contributed by atoms with E-state index < -0.39 is 23.5 Å². The number of hydrogen-bond donors (Lipinski definition) is 2. The zero-order chi connectivity index (χ0) is 10.9. The maximum Gasteiger partial charge on any atom is 0.165 e. The SMILES string of the molecule is CN[C@H](C)c1c(N)c(F)cc(F)c1F. The second kappa shape index (κ2) is 3.88. The fraction of sp³-hybridized carbons (Fsp3) is 0.333. The number of rotatable bonds is 2. The quantitative estimate of drug-likeness (QED) is 0.571. The Morgan fingerprint density at radius 3 is 2.36 bits per heavy atom. The molecule has 0 aliphatic rings. The van der Waals surface area contributed by atoms with E-state index in [0.717, 1.165) is 0 Å². The predicted octanol–water partition coefficient (Wildman–Crippen LogP) is 1.97. The van der Waals surface area contributed by atoms with Gasteiger partial charge in [-0.15, -0.1) is 0 Å². The molecule has 1 atom stereocenters. The molecule has 0 saturated carbocycles. The first kappa shape index (κ1) is 10.8. The van der Waals surface area contributed by atoms with Crippen molar-refractivity contribution in [3.05, 3.63) is 29.1 Å². The van der Waals surface area contributed by atoms with E-state index in [4.69, 9.17) is 5.73 Å². The molecular weight excluding hydrogens is 193 g/mol. The molecule has 2 nitrogen and oxygen atoms in total. The molecule has 0 unspecified atom stereocenters. The Bertz CT molecular complexity index is 326. The average molecular weight is 204 g/mol. The van der Waals surface area contributed by atoms with E-state index in [-0.39, 0.29) is 11.3 Å². The van der Waals surface area contributed by atoms with Crippen LogP contribution in [-0.4, -0.2) is 7.05 Å². The molecule has 0 aliphatic carbocycles. The maximum absolute atomic E-state index is 13.2. The van der Waals surface area contributed by atoms with E-state index in [1.54, 1.807) is 14.0 Å². The Labute approximate surface area is 79.9 Å². The van der Waals surface area contributed by atoms with Crippen LogP contribution < -0.4 is 11.1 Å². The zero-order valence-electron chi connectivity index (χ0n) is 7.87. The maximum atomic E-state index is 13.2. The van der Waals surface area contributed by atoms with Crippen LogP contribution in [-0.2, 0) is 0 Å². The molecule has 5 heteroatoms. The van der Waals surface area contributed by atoms with Crippen molar-refractivity contribution in [3.8, 4) is 0 Å². The third-order valence-electron chi connectivity index (χ3n) is 2.11. The lowest BCUT2D eigenvalue weighted by Crippen LogP contribution is -2.17. The number of hydrogen-bond acceptors (Lipinski definition) is 2. The van der Waals surface area contributed by atoms with Gasteiger partial charge >= 0.3 is 0 Å². The minimum atomic E-state index is -1.23. The molecule has 1 aromatic rings. The van der Waals surface area contributed by atoms with Gasteiger partial charge in [-0.2, -0.15) is 0 Å². The van der Waals surface area contributed by atoms with Crippen LogP contribution in [0.15, 0.2) is 6.07 Å². The van der Waals surface area contributed by atoms with Crippen molar-refractivity contribution in [1.82, 2.24) is 5.32 Å². The second-order valence-electron chi connectivity index (χ2n) is 2.99. The summed E-state index contributed by atoms with van der Waals surface area (Å²) >= 11 is 0. The van der Waals surface area contributed by atoms with Crippen molar-refractivity contribution in [1.29, 1.82) is 0 Å². The molecule has 0 aliphatic heterocycles. The molecule has 1 aromatic carbocycles. The number of halogens is 3. The van der Waals surface area contributed by atoms with Crippen LogP contribution in [0.2, 0.25) is 0 Å². The van der Waals surface area contributed by atoms with Crippen LogP contribution in [0.5, 0.6) is 0 Å². The Balaban J connectivity index is 3.39. The molecule has 0 spiro atoms. The summed E-state index contributed by atoms with van der Waals surface area (Å²) in [6, 6.07) is -0.100. The monoisotopic (exact) mass is 204 g/mol. The number of nitrogens with one attached hydrogen (secondary N) is 1. The first-order valence-electron chi connectivity index (χ1n) is 4.09. The van der Waals surface area contributed by atoms with E-state index in [1.807, 2.05) is 0 Å². The molecule has 0 heterocycles. The summed E-state index contributed by atoms with van der Waals surface area (Å²) in [6.45, 7) is 1.56. The lowest BCUT2D eigenvalue weighted by atomic mass is 10.0. The van der Waals surface area contributed by atoms with Crippen molar-refractivity contribution < 1.29 is 13.2 Å². The Morgan fingerprint density at radius 1 is 1.29 bits per heavy atom. The molecular formula is C9H11F3N2. The van der Waals surface area contributed by atoms with Gasteiger partial charge in [0.05, 0.1) is 5.69 Å². The summed E-state index contributed by atoms with van der Waals surface area (Å²) in [6.07, 6.45) is 0. The van der Waals surface area contributed by atoms with Crippen molar-refractivity contribution >= 4 is 5.69 Å². The van der Waals surface area contributed by atoms with Crippen molar-refractivity contribution in [2.45, 2.75) is 13.0 Å². The van der Waals surface area contributed by atoms with Crippen LogP contribution in [0.4, 0.5) is 18.9 Å². The molecule has 1 rings (SSSR count). The summed E-state index contributed by atoms with van der Waals surface area (Å²) in [4.78, 5) is 0. The van der Waals surface area contributed by atoms with Gasteiger partial charge in [0.2, 0.25) is 0 Å². The van der Waals surface area contributed by atoms with Gasteiger partial charge in [0.15, 0.2) is 11.6 Å². The Morgan fingerprint density at radius 2 is 1.86 bits per heavy atom. The highest BCUT2D eigenvalue weighted by molar-refractivity contribution is 5.50. The molecule has 0 aromatic heterocycles. The fourth-order valence-corrected chi connectivity index (χ4v) is 1.20. The predicted molar refractivity (Wildman–Crippen MR) is 48.2 cm³/mol. The van der Waals surface area contributed by atoms with Gasteiger partial charge in [-0.05, 0) is 14.0 Å². The molecule has 3 N–H and O–H groups in total. The van der Waals surface area contributed by atoms with Crippen molar-refractivity contribution in [3.63, 3.8) is 0 Å². The van der Waals surface area contributed by atoms with E-state index in [1.165, 1.54) is 0 Å². The highest BCUT2D eigenvalue weighted by atomic mass is 19.2. The van der Waals surface area contributed by atoms with Gasteiger partial charge in [0.25, 0.3) is 0 Å². The largest absolute Gasteiger partial charge is 0.396 e. The summed E-state index contributed by atoms with van der Waals surface area (Å²) < 4.78 is 39.0. The summed E-state index contributed by atoms with van der Waals surface area (Å²) in [5, 5.41) is 2.66. The van der Waals surface area contributed by atoms with E-state index in [2.05, 4.69) is 5.32 Å². The summed E-state index contributed by atoms with van der Waals surface area (Å²) in [5.74, 6) is -3.28. The molecule has 0 radical (unpaired) electrons. The van der Waals surface area contributed by atoms with Crippen LogP contribution in [0.1, 0.15) is 18.5 Å². The van der Waals surface area contributed by atoms with Crippen LogP contribution >= 0.6 is 0 Å². The number of nitrogens with two attached hydrogens (primary N) is 1. The summed E-state index contributed by atoms with van der Waals surface area (Å²) in [7, 11) is 1.55. The zero-order valence-corrected chi connectivity index (χ0v) is 7.87. The summed E-state index contributed by atoms with van der Waals surface area (Å²) in [5.41, 5.74) is 4.78. The fourth-order valence-electron chi connectivity index (χ4n) is 1.20. The Kier molecular flexibility index (Phi) is 3.00. The van der Waals surface area contributed by atoms with Gasteiger partial charge in [0.1, 0.15) is 5.82 Å². The van der Waals surface area contributed by atoms with Crippen molar-refractivity contribution in [2.75, 3.05) is 12.8 Å². The van der Waals surface area contributed by atoms with Gasteiger partial charge < -0.3 is 11.1 Å². The smallest absolute Gasteiger partial charge is 0.165 e. The van der Waals surface area contributed by atoms with Gasteiger partial charge in [-0.25, -0.2) is 13.2 Å². The Hall–Kier alpha value is -1.23. The number of benzene rings is 1. The third kappa shape index (κ3) is 1.68. The highest BCUT2D eigenvalue weighted by Crippen LogP contribution is 2.27. The van der Waals surface area contributed by atoms with Crippen LogP contribution in [0.3, 0.4) is 0 Å². The highest BCUT2D eigenvalue weighted by Gasteiger charge is 2.20. The van der Waals surface area contributed by atoms with Crippen LogP contribution in [0, 0.1) is 17.5 Å². The minimum Gasteiger partial charge on any atom is -0.396 e. The molecule has 78 valence electrons. The normalized spacial score (nSPS) is 12.9. The molecule has 14 heavy (non-hydrogen) atoms. The number of anilines is 1. The standard InChI is InChI=1S/C9H11F3N2/c1-4(14-2)7-8(12)5(10)3-6(11)9(7)13/h3-4,14H,13H2,1-2H3/t4-/m1/s1. The van der Waals surface area contributed by atoms with Crippen molar-refractivity contribution in [2.24, 2.45) is 0 Å². The lowest BCUT2D eigenvalue weighted by Gasteiger charge is -2.15. The average Bonchev–Trinajstić information content (AvgIpc) is 2.15. The first-order valence-corrected chi connectivity index (χ1v) is 4.09.